The molecular formula is C16H25N5O2. The number of hydrogen-bond acceptors (Lipinski definition) is 4. The highest BCUT2D eigenvalue weighted by Gasteiger charge is 2.32. The number of likely N-dealkylation sites (tertiary alicyclic amines) is 1. The van der Waals surface area contributed by atoms with Crippen LogP contribution in [-0.4, -0.2) is 71.2 Å². The fourth-order valence-corrected chi connectivity index (χ4v) is 3.45. The Kier molecular flexibility index (Phi) is 4.39. The van der Waals surface area contributed by atoms with Crippen LogP contribution in [0.25, 0.3) is 0 Å². The van der Waals surface area contributed by atoms with Gasteiger partial charge < -0.3 is 15.1 Å². The first-order chi connectivity index (χ1) is 10.9. The van der Waals surface area contributed by atoms with Crippen molar-refractivity contribution in [2.24, 2.45) is 5.92 Å². The number of carbonyl (C=O) groups excluding carboxylic acids is 2. The summed E-state index contributed by atoms with van der Waals surface area (Å²) < 4.78 is 1.96. The zero-order chi connectivity index (χ0) is 16.6. The number of hydrogen-bond donors (Lipinski definition) is 1. The molecule has 1 N–H and O–H groups in total. The van der Waals surface area contributed by atoms with Crippen LogP contribution >= 0.6 is 0 Å². The fourth-order valence-electron chi connectivity index (χ4n) is 3.45. The van der Waals surface area contributed by atoms with Crippen LogP contribution in [0.1, 0.15) is 29.4 Å². The SMILES string of the molecule is CC(=O)N1CC(NC(=O)c2cnn3c2C[C@@H](CN(C)C)CC3)C1. The minimum absolute atomic E-state index is 0.0584. The Hall–Kier alpha value is -1.89. The van der Waals surface area contributed by atoms with Gasteiger partial charge in [-0.2, -0.15) is 5.10 Å². The molecule has 0 spiro atoms. The van der Waals surface area contributed by atoms with Crippen LogP contribution in [-0.2, 0) is 17.8 Å². The Labute approximate surface area is 136 Å². The first kappa shape index (κ1) is 16.0. The van der Waals surface area contributed by atoms with E-state index in [-0.39, 0.29) is 17.9 Å². The van der Waals surface area contributed by atoms with Crippen LogP contribution in [0.4, 0.5) is 0 Å². The molecule has 0 saturated carbocycles. The summed E-state index contributed by atoms with van der Waals surface area (Å²) >= 11 is 0. The molecule has 1 saturated heterocycles. The molecule has 0 bridgehead atoms. The minimum Gasteiger partial charge on any atom is -0.346 e. The molecule has 1 aromatic heterocycles. The number of aryl methyl sites for hydroxylation is 1. The molecule has 2 aliphatic rings. The van der Waals surface area contributed by atoms with Crippen molar-refractivity contribution in [2.45, 2.75) is 32.4 Å². The standard InChI is InChI=1S/C16H25N5O2/c1-11(22)20-9-13(10-20)18-16(23)14-7-17-21-5-4-12(6-15(14)21)8-19(2)3/h7,12-13H,4-6,8-10H2,1-3H3,(H,18,23)/t12-/m0/s1. The van der Waals surface area contributed by atoms with E-state index in [2.05, 4.69) is 29.4 Å². The van der Waals surface area contributed by atoms with E-state index in [9.17, 15) is 9.59 Å². The van der Waals surface area contributed by atoms with Gasteiger partial charge in [-0.15, -0.1) is 0 Å². The molecular weight excluding hydrogens is 294 g/mol. The lowest BCUT2D eigenvalue weighted by Crippen LogP contribution is -2.60. The molecule has 0 aliphatic carbocycles. The van der Waals surface area contributed by atoms with Gasteiger partial charge in [-0.05, 0) is 32.9 Å². The lowest BCUT2D eigenvalue weighted by atomic mass is 9.93. The molecule has 126 valence electrons. The normalized spacial score (nSPS) is 21.0. The second kappa shape index (κ2) is 6.31. The molecule has 1 aromatic rings. The van der Waals surface area contributed by atoms with Crippen molar-refractivity contribution in [2.75, 3.05) is 33.7 Å². The van der Waals surface area contributed by atoms with Gasteiger partial charge in [-0.3, -0.25) is 14.3 Å². The quantitative estimate of drug-likeness (QED) is 0.846. The summed E-state index contributed by atoms with van der Waals surface area (Å²) in [6, 6.07) is 0.0584. The molecule has 2 amide bonds. The summed E-state index contributed by atoms with van der Waals surface area (Å²) in [7, 11) is 4.16. The smallest absolute Gasteiger partial charge is 0.255 e. The van der Waals surface area contributed by atoms with Crippen LogP contribution < -0.4 is 5.32 Å². The topological polar surface area (TPSA) is 70.5 Å². The summed E-state index contributed by atoms with van der Waals surface area (Å²) in [4.78, 5) is 27.6. The number of nitrogens with zero attached hydrogens (tertiary/aromatic N) is 4. The second-order valence-electron chi connectivity index (χ2n) is 6.94. The summed E-state index contributed by atoms with van der Waals surface area (Å²) in [6.07, 6.45) is 3.68. The Balaban J connectivity index is 1.62. The molecule has 2 aliphatic heterocycles. The van der Waals surface area contributed by atoms with Gasteiger partial charge in [-0.1, -0.05) is 0 Å². The molecule has 23 heavy (non-hydrogen) atoms. The van der Waals surface area contributed by atoms with Crippen LogP contribution in [0.2, 0.25) is 0 Å². The van der Waals surface area contributed by atoms with Crippen molar-refractivity contribution in [1.82, 2.24) is 24.9 Å². The van der Waals surface area contributed by atoms with Crippen molar-refractivity contribution < 1.29 is 9.59 Å². The monoisotopic (exact) mass is 319 g/mol. The molecule has 0 unspecified atom stereocenters. The van der Waals surface area contributed by atoms with Crippen molar-refractivity contribution in [3.63, 3.8) is 0 Å². The van der Waals surface area contributed by atoms with Gasteiger partial charge in [0, 0.05) is 33.1 Å². The zero-order valence-electron chi connectivity index (χ0n) is 14.1. The third kappa shape index (κ3) is 3.39. The molecule has 3 rings (SSSR count). The Bertz CT molecular complexity index is 604. The first-order valence-electron chi connectivity index (χ1n) is 8.20. The van der Waals surface area contributed by atoms with E-state index in [0.29, 0.717) is 24.6 Å². The number of nitrogens with one attached hydrogen (secondary N) is 1. The van der Waals surface area contributed by atoms with Gasteiger partial charge in [0.25, 0.3) is 5.91 Å². The molecule has 7 nitrogen and oxygen atoms in total. The maximum absolute atomic E-state index is 12.5. The van der Waals surface area contributed by atoms with Gasteiger partial charge in [0.05, 0.1) is 23.5 Å². The average molecular weight is 319 g/mol. The average Bonchev–Trinajstić information content (AvgIpc) is 2.84. The van der Waals surface area contributed by atoms with Gasteiger partial charge in [-0.25, -0.2) is 0 Å². The van der Waals surface area contributed by atoms with Crippen molar-refractivity contribution >= 4 is 11.8 Å². The summed E-state index contributed by atoms with van der Waals surface area (Å²) in [5.74, 6) is 0.563. The van der Waals surface area contributed by atoms with E-state index in [0.717, 1.165) is 31.6 Å². The maximum atomic E-state index is 12.5. The lowest BCUT2D eigenvalue weighted by molar-refractivity contribution is -0.133. The largest absolute Gasteiger partial charge is 0.346 e. The van der Waals surface area contributed by atoms with E-state index in [1.54, 1.807) is 18.0 Å². The highest BCUT2D eigenvalue weighted by molar-refractivity contribution is 5.95. The van der Waals surface area contributed by atoms with Gasteiger partial charge in [0.15, 0.2) is 0 Å². The summed E-state index contributed by atoms with van der Waals surface area (Å²) in [5, 5.41) is 7.38. The Morgan fingerprint density at radius 3 is 2.78 bits per heavy atom. The van der Waals surface area contributed by atoms with Crippen LogP contribution in [0.3, 0.4) is 0 Å². The highest BCUT2D eigenvalue weighted by Crippen LogP contribution is 2.23. The zero-order valence-corrected chi connectivity index (χ0v) is 14.1. The number of amides is 2. The number of aromatic nitrogens is 2. The third-order valence-corrected chi connectivity index (χ3v) is 4.71. The predicted molar refractivity (Wildman–Crippen MR) is 86.1 cm³/mol. The maximum Gasteiger partial charge on any atom is 0.255 e. The molecule has 0 aromatic carbocycles. The van der Waals surface area contributed by atoms with E-state index >= 15 is 0 Å². The minimum atomic E-state index is -0.0649. The number of rotatable bonds is 4. The Morgan fingerprint density at radius 1 is 1.39 bits per heavy atom. The van der Waals surface area contributed by atoms with Crippen LogP contribution in [0.15, 0.2) is 6.20 Å². The third-order valence-electron chi connectivity index (χ3n) is 4.71. The molecule has 1 fully saturated rings. The summed E-state index contributed by atoms with van der Waals surface area (Å²) in [6.45, 7) is 4.67. The van der Waals surface area contributed by atoms with Crippen LogP contribution in [0, 0.1) is 5.92 Å². The predicted octanol–water partition coefficient (Wildman–Crippen LogP) is -0.0324. The molecule has 0 radical (unpaired) electrons. The lowest BCUT2D eigenvalue weighted by Gasteiger charge is -2.38. The van der Waals surface area contributed by atoms with Crippen molar-refractivity contribution in [1.29, 1.82) is 0 Å². The summed E-state index contributed by atoms with van der Waals surface area (Å²) in [5.41, 5.74) is 1.73. The fraction of sp³-hybridized carbons (Fsp3) is 0.688. The highest BCUT2D eigenvalue weighted by atomic mass is 16.2. The Morgan fingerprint density at radius 2 is 2.13 bits per heavy atom. The van der Waals surface area contributed by atoms with Gasteiger partial charge in [0.1, 0.15) is 0 Å². The van der Waals surface area contributed by atoms with Crippen molar-refractivity contribution in [3.05, 3.63) is 17.5 Å². The van der Waals surface area contributed by atoms with Crippen molar-refractivity contribution in [3.8, 4) is 0 Å². The number of carbonyl (C=O) groups is 2. The molecule has 1 atom stereocenters. The number of fused-ring (bicyclic) bond motifs is 1. The van der Waals surface area contributed by atoms with Gasteiger partial charge in [0.2, 0.25) is 5.91 Å². The van der Waals surface area contributed by atoms with Crippen LogP contribution in [0.5, 0.6) is 0 Å². The van der Waals surface area contributed by atoms with E-state index < -0.39 is 0 Å². The van der Waals surface area contributed by atoms with E-state index in [1.165, 1.54) is 0 Å². The molecule has 3 heterocycles. The first-order valence-corrected chi connectivity index (χ1v) is 8.20. The second-order valence-corrected chi connectivity index (χ2v) is 6.94. The molecule has 7 heteroatoms. The van der Waals surface area contributed by atoms with E-state index in [4.69, 9.17) is 0 Å². The van der Waals surface area contributed by atoms with E-state index in [1.807, 2.05) is 4.68 Å². The van der Waals surface area contributed by atoms with Gasteiger partial charge >= 0.3 is 0 Å².